The van der Waals surface area contributed by atoms with Crippen molar-refractivity contribution < 1.29 is 18.7 Å². The molecule has 1 aliphatic rings. The number of carbonyl (C=O) groups is 2. The van der Waals surface area contributed by atoms with Crippen molar-refractivity contribution in [2.75, 3.05) is 7.11 Å². The van der Waals surface area contributed by atoms with Gasteiger partial charge >= 0.3 is 5.97 Å². The average molecular weight is 342 g/mol. The number of ether oxygens (including phenoxy) is 1. The summed E-state index contributed by atoms with van der Waals surface area (Å²) < 4.78 is 10.0. The van der Waals surface area contributed by atoms with E-state index < -0.39 is 5.97 Å². The molecule has 0 bridgehead atoms. The van der Waals surface area contributed by atoms with Crippen LogP contribution in [0.5, 0.6) is 0 Å². The van der Waals surface area contributed by atoms with Gasteiger partial charge in [0.15, 0.2) is 5.69 Å². The zero-order chi connectivity index (χ0) is 17.6. The smallest absolute Gasteiger partial charge is 0.360 e. The first kappa shape index (κ1) is 17.2. The quantitative estimate of drug-likeness (QED) is 0.778. The minimum atomic E-state index is -0.548. The predicted octanol–water partition coefficient (Wildman–Crippen LogP) is 3.44. The van der Waals surface area contributed by atoms with Gasteiger partial charge in [0.25, 0.3) is 5.91 Å². The molecule has 6 heteroatoms. The Morgan fingerprint density at radius 3 is 2.60 bits per heavy atom. The van der Waals surface area contributed by atoms with Crippen LogP contribution < -0.4 is 0 Å². The lowest BCUT2D eigenvalue weighted by Crippen LogP contribution is -2.41. The Morgan fingerprint density at radius 2 is 1.92 bits per heavy atom. The van der Waals surface area contributed by atoms with Crippen LogP contribution in [-0.4, -0.2) is 34.9 Å². The van der Waals surface area contributed by atoms with Gasteiger partial charge in [0.05, 0.1) is 13.7 Å². The molecule has 0 radical (unpaired) electrons. The summed E-state index contributed by atoms with van der Waals surface area (Å²) in [4.78, 5) is 30.5. The van der Waals surface area contributed by atoms with Gasteiger partial charge in [-0.3, -0.25) is 4.79 Å². The standard InChI is InChI=1S/C19H22N2O4/c1-24-19(23)16-13-25-17(20-16)12-21(15-10-6-3-7-11-15)18(22)14-8-4-2-5-9-14/h2,4-5,8-9,13,15H,3,6-7,10-12H2,1H3. The SMILES string of the molecule is COC(=O)c1coc(CN(C(=O)c2ccccc2)C2CCCCC2)n1. The van der Waals surface area contributed by atoms with Gasteiger partial charge in [-0.2, -0.15) is 0 Å². The first-order valence-electron chi connectivity index (χ1n) is 8.58. The highest BCUT2D eigenvalue weighted by Gasteiger charge is 2.28. The van der Waals surface area contributed by atoms with Crippen molar-refractivity contribution in [2.24, 2.45) is 0 Å². The fourth-order valence-corrected chi connectivity index (χ4v) is 3.23. The Hall–Kier alpha value is -2.63. The second-order valence-corrected chi connectivity index (χ2v) is 6.21. The predicted molar refractivity (Wildman–Crippen MR) is 91.0 cm³/mol. The van der Waals surface area contributed by atoms with Crippen molar-refractivity contribution in [1.29, 1.82) is 0 Å². The highest BCUT2D eigenvalue weighted by molar-refractivity contribution is 5.94. The first-order valence-corrected chi connectivity index (χ1v) is 8.58. The lowest BCUT2D eigenvalue weighted by molar-refractivity contribution is 0.0590. The van der Waals surface area contributed by atoms with Crippen LogP contribution in [0.3, 0.4) is 0 Å². The number of aromatic nitrogens is 1. The molecule has 25 heavy (non-hydrogen) atoms. The second kappa shape index (κ2) is 7.96. The summed E-state index contributed by atoms with van der Waals surface area (Å²) in [7, 11) is 1.30. The monoisotopic (exact) mass is 342 g/mol. The van der Waals surface area contributed by atoms with E-state index in [9.17, 15) is 9.59 Å². The van der Waals surface area contributed by atoms with Gasteiger partial charge in [0.2, 0.25) is 5.89 Å². The number of amides is 1. The molecule has 2 aromatic rings. The third-order valence-corrected chi connectivity index (χ3v) is 4.55. The minimum Gasteiger partial charge on any atom is -0.464 e. The molecule has 1 aliphatic carbocycles. The number of hydrogen-bond donors (Lipinski definition) is 0. The highest BCUT2D eigenvalue weighted by Crippen LogP contribution is 2.25. The highest BCUT2D eigenvalue weighted by atomic mass is 16.5. The van der Waals surface area contributed by atoms with Crippen LogP contribution >= 0.6 is 0 Å². The Bertz CT molecular complexity index is 720. The normalized spacial score (nSPS) is 14.9. The Balaban J connectivity index is 1.82. The van der Waals surface area contributed by atoms with Crippen LogP contribution in [0.4, 0.5) is 0 Å². The molecule has 0 aliphatic heterocycles. The van der Waals surface area contributed by atoms with Gasteiger partial charge in [-0.05, 0) is 25.0 Å². The zero-order valence-electron chi connectivity index (χ0n) is 14.3. The maximum Gasteiger partial charge on any atom is 0.360 e. The number of methoxy groups -OCH3 is 1. The molecule has 132 valence electrons. The first-order chi connectivity index (χ1) is 12.2. The van der Waals surface area contributed by atoms with Gasteiger partial charge in [-0.15, -0.1) is 0 Å². The molecule has 0 spiro atoms. The summed E-state index contributed by atoms with van der Waals surface area (Å²) in [5.74, 6) is -0.242. The zero-order valence-corrected chi connectivity index (χ0v) is 14.3. The van der Waals surface area contributed by atoms with Crippen molar-refractivity contribution in [3.8, 4) is 0 Å². The van der Waals surface area contributed by atoms with E-state index in [2.05, 4.69) is 9.72 Å². The van der Waals surface area contributed by atoms with E-state index in [4.69, 9.17) is 4.42 Å². The van der Waals surface area contributed by atoms with Crippen molar-refractivity contribution >= 4 is 11.9 Å². The maximum atomic E-state index is 13.0. The van der Waals surface area contributed by atoms with Gasteiger partial charge in [0, 0.05) is 11.6 Å². The molecule has 1 fully saturated rings. The fourth-order valence-electron chi connectivity index (χ4n) is 3.23. The van der Waals surface area contributed by atoms with Crippen LogP contribution in [0, 0.1) is 0 Å². The Morgan fingerprint density at radius 1 is 1.20 bits per heavy atom. The second-order valence-electron chi connectivity index (χ2n) is 6.21. The molecule has 1 aromatic carbocycles. The number of oxazole rings is 1. The van der Waals surface area contributed by atoms with Crippen molar-refractivity contribution in [3.05, 3.63) is 53.7 Å². The summed E-state index contributed by atoms with van der Waals surface area (Å²) in [6.07, 6.45) is 6.65. The molecule has 3 rings (SSSR count). The van der Waals surface area contributed by atoms with E-state index in [1.807, 2.05) is 35.2 Å². The van der Waals surface area contributed by atoms with Crippen LogP contribution in [0.2, 0.25) is 0 Å². The maximum absolute atomic E-state index is 13.0. The van der Waals surface area contributed by atoms with Crippen LogP contribution in [0.1, 0.15) is 58.8 Å². The Labute approximate surface area is 146 Å². The van der Waals surface area contributed by atoms with Crippen LogP contribution in [0.25, 0.3) is 0 Å². The van der Waals surface area contributed by atoms with E-state index in [0.717, 1.165) is 25.7 Å². The minimum absolute atomic E-state index is 0.0367. The molecule has 0 N–H and O–H groups in total. The van der Waals surface area contributed by atoms with Gasteiger partial charge in [-0.25, -0.2) is 9.78 Å². The van der Waals surface area contributed by atoms with E-state index in [1.54, 1.807) is 0 Å². The van der Waals surface area contributed by atoms with Gasteiger partial charge in [-0.1, -0.05) is 37.5 Å². The third-order valence-electron chi connectivity index (χ3n) is 4.55. The van der Waals surface area contributed by atoms with Crippen LogP contribution in [-0.2, 0) is 11.3 Å². The number of rotatable bonds is 5. The Kier molecular flexibility index (Phi) is 5.48. The van der Waals surface area contributed by atoms with Crippen molar-refractivity contribution in [3.63, 3.8) is 0 Å². The number of esters is 1. The van der Waals surface area contributed by atoms with E-state index in [-0.39, 0.29) is 24.2 Å². The molecule has 0 atom stereocenters. The molecule has 0 unspecified atom stereocenters. The number of hydrogen-bond acceptors (Lipinski definition) is 5. The largest absolute Gasteiger partial charge is 0.464 e. The molecule has 1 saturated carbocycles. The van der Waals surface area contributed by atoms with E-state index >= 15 is 0 Å². The number of nitrogens with zero attached hydrogens (tertiary/aromatic N) is 2. The third kappa shape index (κ3) is 4.07. The molecule has 6 nitrogen and oxygen atoms in total. The van der Waals surface area contributed by atoms with Crippen LogP contribution in [0.15, 0.2) is 41.0 Å². The summed E-state index contributed by atoms with van der Waals surface area (Å²) >= 11 is 0. The lowest BCUT2D eigenvalue weighted by atomic mass is 9.93. The lowest BCUT2D eigenvalue weighted by Gasteiger charge is -2.33. The number of carbonyl (C=O) groups excluding carboxylic acids is 2. The summed E-state index contributed by atoms with van der Waals surface area (Å²) in [6.45, 7) is 0.245. The summed E-state index contributed by atoms with van der Waals surface area (Å²) in [6, 6.07) is 9.38. The molecule has 0 saturated heterocycles. The average Bonchev–Trinajstić information content (AvgIpc) is 3.15. The molecule has 1 aromatic heterocycles. The van der Waals surface area contributed by atoms with Gasteiger partial charge < -0.3 is 14.1 Å². The van der Waals surface area contributed by atoms with E-state index in [0.29, 0.717) is 11.5 Å². The van der Waals surface area contributed by atoms with E-state index in [1.165, 1.54) is 19.8 Å². The summed E-state index contributed by atoms with van der Waals surface area (Å²) in [5.41, 5.74) is 0.765. The molecular formula is C19H22N2O4. The fraction of sp³-hybridized carbons (Fsp3) is 0.421. The van der Waals surface area contributed by atoms with Gasteiger partial charge in [0.1, 0.15) is 6.26 Å². The molecule has 1 heterocycles. The molecule has 1 amide bonds. The number of benzene rings is 1. The molecular weight excluding hydrogens is 320 g/mol. The summed E-state index contributed by atoms with van der Waals surface area (Å²) in [5, 5.41) is 0. The van der Waals surface area contributed by atoms with Crippen molar-refractivity contribution in [2.45, 2.75) is 44.7 Å². The topological polar surface area (TPSA) is 72.6 Å². The van der Waals surface area contributed by atoms with Crippen molar-refractivity contribution in [1.82, 2.24) is 9.88 Å².